The lowest BCUT2D eigenvalue weighted by atomic mass is 10.1. The largest absolute Gasteiger partial charge is 0.464 e. The number of nitrogens with two attached hydrogens (primary N) is 1. The first-order valence-electron chi connectivity index (χ1n) is 6.31. The molecule has 1 aromatic carbocycles. The van der Waals surface area contributed by atoms with Crippen LogP contribution in [0.25, 0.3) is 0 Å². The van der Waals surface area contributed by atoms with Gasteiger partial charge in [-0.25, -0.2) is 0 Å². The van der Waals surface area contributed by atoms with Gasteiger partial charge in [-0.05, 0) is 56.2 Å². The van der Waals surface area contributed by atoms with Gasteiger partial charge in [-0.3, -0.25) is 0 Å². The van der Waals surface area contributed by atoms with Gasteiger partial charge in [0.05, 0.1) is 6.04 Å². The molecular formula is C15H19BrN2O. The first kappa shape index (κ1) is 14.2. The number of furan rings is 1. The summed E-state index contributed by atoms with van der Waals surface area (Å²) in [6, 6.07) is 8.13. The molecule has 2 aromatic rings. The molecule has 0 aliphatic heterocycles. The predicted octanol–water partition coefficient (Wildman–Crippen LogP) is 4.08. The van der Waals surface area contributed by atoms with Gasteiger partial charge in [-0.2, -0.15) is 0 Å². The van der Waals surface area contributed by atoms with Gasteiger partial charge in [0.2, 0.25) is 0 Å². The highest BCUT2D eigenvalue weighted by atomic mass is 79.9. The van der Waals surface area contributed by atoms with Crippen molar-refractivity contribution in [1.82, 2.24) is 0 Å². The molecule has 0 radical (unpaired) electrons. The second-order valence-electron chi connectivity index (χ2n) is 4.81. The van der Waals surface area contributed by atoms with Crippen molar-refractivity contribution in [1.29, 1.82) is 0 Å². The third-order valence-electron chi connectivity index (χ3n) is 3.12. The molecule has 1 heterocycles. The molecule has 1 aromatic heterocycles. The molecule has 0 aliphatic carbocycles. The van der Waals surface area contributed by atoms with E-state index in [9.17, 15) is 0 Å². The lowest BCUT2D eigenvalue weighted by Gasteiger charge is -2.17. The number of hydrogen-bond donors (Lipinski definition) is 2. The van der Waals surface area contributed by atoms with E-state index in [1.165, 1.54) is 11.1 Å². The van der Waals surface area contributed by atoms with Crippen LogP contribution >= 0.6 is 15.9 Å². The molecular weight excluding hydrogens is 304 g/mol. The summed E-state index contributed by atoms with van der Waals surface area (Å²) in [5, 5.41) is 3.43. The van der Waals surface area contributed by atoms with Crippen LogP contribution in [0.1, 0.15) is 28.7 Å². The van der Waals surface area contributed by atoms with Crippen LogP contribution in [0.5, 0.6) is 0 Å². The van der Waals surface area contributed by atoms with Gasteiger partial charge >= 0.3 is 0 Å². The first-order valence-corrected chi connectivity index (χ1v) is 7.10. The summed E-state index contributed by atoms with van der Waals surface area (Å²) in [4.78, 5) is 0. The molecule has 3 N–H and O–H groups in total. The van der Waals surface area contributed by atoms with Crippen molar-refractivity contribution in [3.05, 3.63) is 51.4 Å². The van der Waals surface area contributed by atoms with Crippen molar-refractivity contribution >= 4 is 21.6 Å². The highest BCUT2D eigenvalue weighted by molar-refractivity contribution is 9.10. The fourth-order valence-corrected chi connectivity index (χ4v) is 2.35. The third-order valence-corrected chi connectivity index (χ3v) is 4.37. The topological polar surface area (TPSA) is 51.2 Å². The normalized spacial score (nSPS) is 12.5. The maximum Gasteiger partial charge on any atom is 0.127 e. The Morgan fingerprint density at radius 2 is 1.84 bits per heavy atom. The van der Waals surface area contributed by atoms with Crippen LogP contribution in [0.2, 0.25) is 0 Å². The maximum atomic E-state index is 5.84. The molecule has 4 heteroatoms. The molecule has 0 fully saturated rings. The summed E-state index contributed by atoms with van der Waals surface area (Å²) in [7, 11) is 0. The Kier molecular flexibility index (Phi) is 4.32. The minimum atomic E-state index is -0.00586. The summed E-state index contributed by atoms with van der Waals surface area (Å²) < 4.78 is 6.79. The fraction of sp³-hybridized carbons (Fsp3) is 0.333. The molecule has 1 atom stereocenters. The van der Waals surface area contributed by atoms with Crippen molar-refractivity contribution in [2.75, 3.05) is 11.9 Å². The van der Waals surface area contributed by atoms with Crippen LogP contribution in [0.3, 0.4) is 0 Å². The van der Waals surface area contributed by atoms with Crippen molar-refractivity contribution in [3.8, 4) is 0 Å². The number of aryl methyl sites for hydroxylation is 3. The monoisotopic (exact) mass is 322 g/mol. The van der Waals surface area contributed by atoms with Gasteiger partial charge in [0.1, 0.15) is 11.5 Å². The van der Waals surface area contributed by atoms with Crippen LogP contribution in [0, 0.1) is 20.8 Å². The van der Waals surface area contributed by atoms with E-state index in [-0.39, 0.29) is 6.04 Å². The van der Waals surface area contributed by atoms with Crippen molar-refractivity contribution in [3.63, 3.8) is 0 Å². The number of rotatable bonds is 4. The third kappa shape index (κ3) is 3.19. The summed E-state index contributed by atoms with van der Waals surface area (Å²) in [5.74, 6) is 1.77. The molecule has 0 aliphatic rings. The number of hydrogen-bond acceptors (Lipinski definition) is 3. The molecule has 0 spiro atoms. The van der Waals surface area contributed by atoms with E-state index in [0.717, 1.165) is 21.7 Å². The maximum absolute atomic E-state index is 5.84. The van der Waals surface area contributed by atoms with Gasteiger partial charge in [0.15, 0.2) is 0 Å². The van der Waals surface area contributed by atoms with E-state index in [2.05, 4.69) is 47.2 Å². The summed E-state index contributed by atoms with van der Waals surface area (Å²) >= 11 is 3.57. The molecule has 19 heavy (non-hydrogen) atoms. The quantitative estimate of drug-likeness (QED) is 0.891. The summed E-state index contributed by atoms with van der Waals surface area (Å²) in [5.41, 5.74) is 9.30. The molecule has 0 amide bonds. The van der Waals surface area contributed by atoms with Crippen molar-refractivity contribution < 1.29 is 4.42 Å². The Labute approximate surface area is 122 Å². The van der Waals surface area contributed by atoms with Crippen LogP contribution < -0.4 is 11.1 Å². The van der Waals surface area contributed by atoms with Gasteiger partial charge < -0.3 is 15.5 Å². The smallest absolute Gasteiger partial charge is 0.127 e. The van der Waals surface area contributed by atoms with E-state index >= 15 is 0 Å². The molecule has 1 unspecified atom stereocenters. The molecule has 0 saturated carbocycles. The number of anilines is 1. The van der Waals surface area contributed by atoms with Gasteiger partial charge in [-0.1, -0.05) is 15.9 Å². The van der Waals surface area contributed by atoms with E-state index in [1.54, 1.807) is 0 Å². The van der Waals surface area contributed by atoms with Crippen molar-refractivity contribution in [2.45, 2.75) is 26.8 Å². The van der Waals surface area contributed by atoms with E-state index in [0.29, 0.717) is 6.54 Å². The second kappa shape index (κ2) is 5.80. The van der Waals surface area contributed by atoms with E-state index < -0.39 is 0 Å². The molecule has 0 saturated heterocycles. The average Bonchev–Trinajstić information content (AvgIpc) is 2.79. The summed E-state index contributed by atoms with van der Waals surface area (Å²) in [6.07, 6.45) is 0. The van der Waals surface area contributed by atoms with Crippen LogP contribution in [-0.4, -0.2) is 6.54 Å². The minimum Gasteiger partial charge on any atom is -0.464 e. The zero-order chi connectivity index (χ0) is 14.0. The van der Waals surface area contributed by atoms with Crippen LogP contribution in [-0.2, 0) is 0 Å². The van der Waals surface area contributed by atoms with Gasteiger partial charge in [-0.15, -0.1) is 0 Å². The number of nitrogens with one attached hydrogen (secondary N) is 1. The van der Waals surface area contributed by atoms with E-state index in [1.807, 2.05) is 19.1 Å². The van der Waals surface area contributed by atoms with E-state index in [4.69, 9.17) is 10.2 Å². The first-order chi connectivity index (χ1) is 9.01. The highest BCUT2D eigenvalue weighted by Gasteiger charge is 2.14. The highest BCUT2D eigenvalue weighted by Crippen LogP contribution is 2.27. The lowest BCUT2D eigenvalue weighted by Crippen LogP contribution is -2.20. The molecule has 102 valence electrons. The SMILES string of the molecule is Cc1ccc(C(CN)Nc2cc(C)c(Br)c(C)c2)o1. The predicted molar refractivity (Wildman–Crippen MR) is 82.5 cm³/mol. The molecule has 0 bridgehead atoms. The molecule has 2 rings (SSSR count). The van der Waals surface area contributed by atoms with Gasteiger partial charge in [0, 0.05) is 16.7 Å². The Balaban J connectivity index is 2.23. The molecule has 3 nitrogen and oxygen atoms in total. The average molecular weight is 323 g/mol. The lowest BCUT2D eigenvalue weighted by molar-refractivity contribution is 0.459. The van der Waals surface area contributed by atoms with Crippen LogP contribution in [0.15, 0.2) is 33.2 Å². The number of halogens is 1. The summed E-state index contributed by atoms with van der Waals surface area (Å²) in [6.45, 7) is 6.58. The van der Waals surface area contributed by atoms with Crippen molar-refractivity contribution in [2.24, 2.45) is 5.73 Å². The number of benzene rings is 1. The standard InChI is InChI=1S/C15H19BrN2O/c1-9-6-12(7-10(2)15(9)16)18-13(8-17)14-5-4-11(3)19-14/h4-7,13,18H,8,17H2,1-3H3. The van der Waals surface area contributed by atoms with Crippen LogP contribution in [0.4, 0.5) is 5.69 Å². The Hall–Kier alpha value is -1.26. The Morgan fingerprint density at radius 1 is 1.21 bits per heavy atom. The fourth-order valence-electron chi connectivity index (χ4n) is 2.12. The Morgan fingerprint density at radius 3 is 2.32 bits per heavy atom. The zero-order valence-corrected chi connectivity index (χ0v) is 13.0. The zero-order valence-electron chi connectivity index (χ0n) is 11.5. The minimum absolute atomic E-state index is 0.00586. The van der Waals surface area contributed by atoms with Gasteiger partial charge in [0.25, 0.3) is 0 Å². The Bertz CT molecular complexity index is 554. The second-order valence-corrected chi connectivity index (χ2v) is 5.60.